The molecule has 0 aliphatic carbocycles. The van der Waals surface area contributed by atoms with Crippen LogP contribution in [0, 0.1) is 0 Å². The molecule has 0 unspecified atom stereocenters. The maximum absolute atomic E-state index is 6.20. The molecule has 3 aromatic rings. The zero-order valence-electron chi connectivity index (χ0n) is 11.9. The second kappa shape index (κ2) is 7.55. The Kier molecular flexibility index (Phi) is 5.71. The number of rotatable bonds is 3. The van der Waals surface area contributed by atoms with Crippen molar-refractivity contribution in [3.8, 4) is 0 Å². The lowest BCUT2D eigenvalue weighted by Gasteiger charge is -2.07. The van der Waals surface area contributed by atoms with Gasteiger partial charge in [0.05, 0.1) is 5.02 Å². The minimum atomic E-state index is -0.0303. The van der Waals surface area contributed by atoms with Crippen LogP contribution < -0.4 is 11.5 Å². The van der Waals surface area contributed by atoms with Crippen molar-refractivity contribution in [2.24, 2.45) is 16.5 Å². The summed E-state index contributed by atoms with van der Waals surface area (Å²) in [6.45, 7) is 0. The van der Waals surface area contributed by atoms with Gasteiger partial charge >= 0.3 is 0 Å². The van der Waals surface area contributed by atoms with Crippen LogP contribution >= 0.6 is 35.8 Å². The van der Waals surface area contributed by atoms with E-state index in [1.807, 2.05) is 36.4 Å². The summed E-state index contributed by atoms with van der Waals surface area (Å²) in [4.78, 5) is 10.5. The topological polar surface area (TPSA) is 77.3 Å². The van der Waals surface area contributed by atoms with Crippen molar-refractivity contribution in [2.45, 2.75) is 9.79 Å². The largest absolute Gasteiger partial charge is 0.370 e. The summed E-state index contributed by atoms with van der Waals surface area (Å²) >= 11 is 7.85. The van der Waals surface area contributed by atoms with E-state index >= 15 is 0 Å². The zero-order valence-corrected chi connectivity index (χ0v) is 14.3. The van der Waals surface area contributed by atoms with Gasteiger partial charge in [-0.1, -0.05) is 47.6 Å². The predicted octanol–water partition coefficient (Wildman–Crippen LogP) is 4.37. The first-order valence-electron chi connectivity index (χ1n) is 6.54. The van der Waals surface area contributed by atoms with Gasteiger partial charge in [-0.2, -0.15) is 4.99 Å². The molecular weight excluding hydrogens is 351 g/mol. The molecule has 0 amide bonds. The second-order valence-corrected chi connectivity index (χ2v) is 6.14. The summed E-state index contributed by atoms with van der Waals surface area (Å²) in [5.74, 6) is 0.437. The van der Waals surface area contributed by atoms with Gasteiger partial charge in [0.1, 0.15) is 0 Å². The van der Waals surface area contributed by atoms with E-state index in [4.69, 9.17) is 23.1 Å². The number of hydrogen-bond acceptors (Lipinski definition) is 3. The smallest absolute Gasteiger partial charge is 0.192 e. The van der Waals surface area contributed by atoms with Crippen LogP contribution in [-0.2, 0) is 0 Å². The summed E-state index contributed by atoms with van der Waals surface area (Å²) < 4.78 is 0. The average Bonchev–Trinajstić information content (AvgIpc) is 2.51. The van der Waals surface area contributed by atoms with Crippen LogP contribution in [0.1, 0.15) is 0 Å². The van der Waals surface area contributed by atoms with E-state index in [0.29, 0.717) is 10.8 Å². The van der Waals surface area contributed by atoms with Crippen molar-refractivity contribution in [3.63, 3.8) is 0 Å². The third-order valence-corrected chi connectivity index (χ3v) is 4.30. The van der Waals surface area contributed by atoms with Crippen LogP contribution in [0.5, 0.6) is 0 Å². The molecule has 0 atom stereocenters. The standard InChI is InChI=1S/C16H13ClN4S.ClH/c17-14-9-20-15(21-16(18)19)13-8-11(6-7-12(13)14)22-10-4-2-1-3-5-10;/h1-9H,(H4,18,19,20,21);1H. The number of benzene rings is 2. The molecule has 0 saturated carbocycles. The molecular formula is C16H14Cl2N4S. The van der Waals surface area contributed by atoms with Gasteiger partial charge in [0.25, 0.3) is 0 Å². The molecule has 7 heteroatoms. The Morgan fingerprint density at radius 1 is 1.00 bits per heavy atom. The Morgan fingerprint density at radius 2 is 1.74 bits per heavy atom. The van der Waals surface area contributed by atoms with Crippen molar-refractivity contribution in [2.75, 3.05) is 0 Å². The van der Waals surface area contributed by atoms with Crippen LogP contribution in [-0.4, -0.2) is 10.9 Å². The third-order valence-electron chi connectivity index (χ3n) is 3.00. The molecule has 0 saturated heterocycles. The number of halogens is 2. The fourth-order valence-electron chi connectivity index (χ4n) is 2.07. The molecule has 0 aliphatic heterocycles. The molecule has 118 valence electrons. The van der Waals surface area contributed by atoms with E-state index in [1.54, 1.807) is 18.0 Å². The Hall–Kier alpha value is -1.95. The van der Waals surface area contributed by atoms with Crippen molar-refractivity contribution in [1.82, 2.24) is 4.98 Å². The highest BCUT2D eigenvalue weighted by atomic mass is 35.5. The number of hydrogen-bond donors (Lipinski definition) is 2. The number of guanidine groups is 1. The van der Waals surface area contributed by atoms with Gasteiger partial charge in [0.2, 0.25) is 0 Å². The molecule has 0 fully saturated rings. The lowest BCUT2D eigenvalue weighted by atomic mass is 10.1. The minimum absolute atomic E-state index is 0. The average molecular weight is 365 g/mol. The Bertz CT molecular complexity index is 849. The lowest BCUT2D eigenvalue weighted by molar-refractivity contribution is 1.28. The summed E-state index contributed by atoms with van der Waals surface area (Å²) in [6, 6.07) is 16.1. The molecule has 4 nitrogen and oxygen atoms in total. The van der Waals surface area contributed by atoms with E-state index in [2.05, 4.69) is 22.1 Å². The molecule has 0 radical (unpaired) electrons. The monoisotopic (exact) mass is 364 g/mol. The zero-order chi connectivity index (χ0) is 15.5. The summed E-state index contributed by atoms with van der Waals surface area (Å²) in [6.07, 6.45) is 1.55. The normalized spacial score (nSPS) is 10.1. The Balaban J connectivity index is 0.00000192. The molecule has 3 rings (SSSR count). The number of nitrogens with zero attached hydrogens (tertiary/aromatic N) is 2. The summed E-state index contributed by atoms with van der Waals surface area (Å²) in [5.41, 5.74) is 10.9. The van der Waals surface area contributed by atoms with Crippen molar-refractivity contribution in [1.29, 1.82) is 0 Å². The van der Waals surface area contributed by atoms with E-state index in [9.17, 15) is 0 Å². The van der Waals surface area contributed by atoms with Crippen molar-refractivity contribution in [3.05, 3.63) is 59.8 Å². The molecule has 0 bridgehead atoms. The summed E-state index contributed by atoms with van der Waals surface area (Å²) in [5, 5.41) is 2.26. The predicted molar refractivity (Wildman–Crippen MR) is 100 cm³/mol. The van der Waals surface area contributed by atoms with Crippen LogP contribution in [0.2, 0.25) is 5.02 Å². The van der Waals surface area contributed by atoms with Crippen molar-refractivity contribution >= 4 is 58.3 Å². The molecule has 1 aromatic heterocycles. The van der Waals surface area contributed by atoms with Gasteiger partial charge in [-0.3, -0.25) is 0 Å². The second-order valence-electron chi connectivity index (χ2n) is 4.59. The highest BCUT2D eigenvalue weighted by Crippen LogP contribution is 2.35. The Morgan fingerprint density at radius 3 is 2.43 bits per heavy atom. The SMILES string of the molecule is Cl.NC(N)=Nc1ncc(Cl)c2ccc(Sc3ccccc3)cc12. The van der Waals surface area contributed by atoms with Crippen LogP contribution in [0.4, 0.5) is 5.82 Å². The van der Waals surface area contributed by atoms with Gasteiger partial charge in [-0.15, -0.1) is 12.4 Å². The first-order valence-corrected chi connectivity index (χ1v) is 7.74. The fourth-order valence-corrected chi connectivity index (χ4v) is 3.16. The first kappa shape index (κ1) is 17.4. The molecule has 23 heavy (non-hydrogen) atoms. The highest BCUT2D eigenvalue weighted by Gasteiger charge is 2.08. The molecule has 1 heterocycles. The van der Waals surface area contributed by atoms with Gasteiger partial charge < -0.3 is 11.5 Å². The van der Waals surface area contributed by atoms with Gasteiger partial charge in [-0.05, 0) is 24.3 Å². The summed E-state index contributed by atoms with van der Waals surface area (Å²) in [7, 11) is 0. The highest BCUT2D eigenvalue weighted by molar-refractivity contribution is 7.99. The quantitative estimate of drug-likeness (QED) is 0.534. The van der Waals surface area contributed by atoms with E-state index in [1.165, 1.54) is 0 Å². The number of pyridine rings is 1. The molecule has 4 N–H and O–H groups in total. The number of aromatic nitrogens is 1. The number of aliphatic imine (C=N–C) groups is 1. The lowest BCUT2D eigenvalue weighted by Crippen LogP contribution is -2.22. The third kappa shape index (κ3) is 4.07. The van der Waals surface area contributed by atoms with E-state index in [-0.39, 0.29) is 18.4 Å². The Labute approximate surface area is 149 Å². The molecule has 0 aliphatic rings. The van der Waals surface area contributed by atoms with Crippen LogP contribution in [0.3, 0.4) is 0 Å². The number of nitrogens with two attached hydrogens (primary N) is 2. The van der Waals surface area contributed by atoms with Crippen molar-refractivity contribution < 1.29 is 0 Å². The van der Waals surface area contributed by atoms with E-state index < -0.39 is 0 Å². The van der Waals surface area contributed by atoms with Crippen LogP contribution in [0.25, 0.3) is 10.8 Å². The minimum Gasteiger partial charge on any atom is -0.370 e. The maximum Gasteiger partial charge on any atom is 0.192 e. The molecule has 2 aromatic carbocycles. The van der Waals surface area contributed by atoms with Gasteiger partial charge in [0, 0.05) is 26.8 Å². The van der Waals surface area contributed by atoms with Gasteiger partial charge in [0.15, 0.2) is 11.8 Å². The first-order chi connectivity index (χ1) is 10.6. The van der Waals surface area contributed by atoms with Gasteiger partial charge in [-0.25, -0.2) is 4.98 Å². The number of fused-ring (bicyclic) bond motifs is 1. The maximum atomic E-state index is 6.20. The van der Waals surface area contributed by atoms with Crippen LogP contribution in [0.15, 0.2) is 69.5 Å². The van der Waals surface area contributed by atoms with E-state index in [0.717, 1.165) is 20.6 Å². The fraction of sp³-hybridized carbons (Fsp3) is 0. The molecule has 0 spiro atoms.